The molecule has 0 unspecified atom stereocenters. The summed E-state index contributed by atoms with van der Waals surface area (Å²) < 4.78 is 52.3. The van der Waals surface area contributed by atoms with Crippen LogP contribution in [0.3, 0.4) is 0 Å². The Hall–Kier alpha value is -1.63. The summed E-state index contributed by atoms with van der Waals surface area (Å²) in [6, 6.07) is 2.14. The molecule has 1 saturated heterocycles. The van der Waals surface area contributed by atoms with Crippen LogP contribution in [-0.2, 0) is 11.0 Å². The van der Waals surface area contributed by atoms with Gasteiger partial charge in [-0.25, -0.2) is 4.39 Å². The summed E-state index contributed by atoms with van der Waals surface area (Å²) in [7, 11) is 0. The summed E-state index contributed by atoms with van der Waals surface area (Å²) in [6.07, 6.45) is -1.01. The van der Waals surface area contributed by atoms with Crippen LogP contribution in [-0.4, -0.2) is 18.0 Å². The van der Waals surface area contributed by atoms with Crippen LogP contribution in [0.2, 0.25) is 0 Å². The van der Waals surface area contributed by atoms with Crippen LogP contribution < -0.4 is 10.6 Å². The van der Waals surface area contributed by atoms with Gasteiger partial charge < -0.3 is 10.6 Å². The Kier molecular flexibility index (Phi) is 3.60. The minimum absolute atomic E-state index is 0.0936. The number of hydrogen-bond donors (Lipinski definition) is 2. The third kappa shape index (κ3) is 3.01. The second-order valence-electron chi connectivity index (χ2n) is 7.11. The molecule has 1 heterocycles. The number of benzene rings is 1. The molecular weight excluding hydrogens is 324 g/mol. The van der Waals surface area contributed by atoms with Crippen molar-refractivity contribution in [2.75, 3.05) is 0 Å². The summed E-state index contributed by atoms with van der Waals surface area (Å²) in [4.78, 5) is 12.4. The van der Waals surface area contributed by atoms with Crippen molar-refractivity contribution in [3.05, 3.63) is 35.1 Å². The molecule has 130 valence electrons. The van der Waals surface area contributed by atoms with Gasteiger partial charge in [0.05, 0.1) is 17.6 Å². The van der Waals surface area contributed by atoms with E-state index in [4.69, 9.17) is 0 Å². The first-order valence-electron chi connectivity index (χ1n) is 8.26. The average Bonchev–Trinajstić information content (AvgIpc) is 3.43. The second-order valence-corrected chi connectivity index (χ2v) is 7.11. The first-order valence-corrected chi connectivity index (χ1v) is 8.26. The monoisotopic (exact) mass is 342 g/mol. The number of rotatable bonds is 4. The maximum atomic E-state index is 14.2. The molecule has 1 aromatic rings. The molecule has 4 atom stereocenters. The van der Waals surface area contributed by atoms with Crippen molar-refractivity contribution in [2.24, 2.45) is 11.8 Å². The van der Waals surface area contributed by atoms with Gasteiger partial charge in [-0.2, -0.15) is 13.2 Å². The van der Waals surface area contributed by atoms with E-state index in [-0.39, 0.29) is 23.4 Å². The Morgan fingerprint density at radius 3 is 2.54 bits per heavy atom. The van der Waals surface area contributed by atoms with Gasteiger partial charge in [0.1, 0.15) is 5.82 Å². The molecule has 0 spiro atoms. The molecule has 7 heteroatoms. The van der Waals surface area contributed by atoms with Crippen LogP contribution in [0.25, 0.3) is 0 Å². The lowest BCUT2D eigenvalue weighted by atomic mass is 9.99. The fraction of sp³-hybridized carbons (Fsp3) is 0.588. The highest BCUT2D eigenvalue weighted by Gasteiger charge is 2.48. The minimum Gasteiger partial charge on any atom is -0.348 e. The number of halogens is 4. The Morgan fingerprint density at radius 1 is 1.25 bits per heavy atom. The van der Waals surface area contributed by atoms with Crippen molar-refractivity contribution in [3.63, 3.8) is 0 Å². The van der Waals surface area contributed by atoms with Crippen LogP contribution in [0.1, 0.15) is 42.9 Å². The molecule has 3 nitrogen and oxygen atoms in total. The smallest absolute Gasteiger partial charge is 0.348 e. The van der Waals surface area contributed by atoms with E-state index >= 15 is 0 Å². The zero-order valence-corrected chi connectivity index (χ0v) is 12.9. The topological polar surface area (TPSA) is 41.1 Å². The van der Waals surface area contributed by atoms with Crippen molar-refractivity contribution in [2.45, 2.75) is 50.0 Å². The molecule has 3 aliphatic rings. The highest BCUT2D eigenvalue weighted by Crippen LogP contribution is 2.44. The van der Waals surface area contributed by atoms with Crippen molar-refractivity contribution in [3.8, 4) is 0 Å². The van der Waals surface area contributed by atoms with Crippen molar-refractivity contribution in [1.82, 2.24) is 10.6 Å². The third-order valence-electron chi connectivity index (χ3n) is 5.25. The quantitative estimate of drug-likeness (QED) is 0.826. The van der Waals surface area contributed by atoms with E-state index in [0.29, 0.717) is 18.0 Å². The van der Waals surface area contributed by atoms with E-state index in [0.717, 1.165) is 37.8 Å². The molecule has 0 radical (unpaired) electrons. The largest absolute Gasteiger partial charge is 0.416 e. The Balaban J connectivity index is 1.51. The molecule has 3 fully saturated rings. The van der Waals surface area contributed by atoms with Gasteiger partial charge in [-0.05, 0) is 49.7 Å². The number of piperidine rings is 1. The van der Waals surface area contributed by atoms with Crippen molar-refractivity contribution < 1.29 is 22.4 Å². The molecule has 24 heavy (non-hydrogen) atoms. The molecule has 2 aliphatic carbocycles. The predicted molar refractivity (Wildman–Crippen MR) is 78.4 cm³/mol. The van der Waals surface area contributed by atoms with Gasteiger partial charge in [0.15, 0.2) is 0 Å². The van der Waals surface area contributed by atoms with Crippen LogP contribution in [0.5, 0.6) is 0 Å². The summed E-state index contributed by atoms with van der Waals surface area (Å²) in [6.45, 7) is 0. The Labute approximate surface area is 136 Å². The van der Waals surface area contributed by atoms with Crippen molar-refractivity contribution >= 4 is 5.91 Å². The second kappa shape index (κ2) is 5.44. The highest BCUT2D eigenvalue weighted by atomic mass is 19.4. The SMILES string of the molecule is O=C(N[C@@H](c1ccc(C(F)(F)F)cc1F)C1CC1)[C@H]1C[C@H]2C[C@H]2N1. The highest BCUT2D eigenvalue weighted by molar-refractivity contribution is 5.83. The number of carbonyl (C=O) groups excluding carboxylic acids is 1. The van der Waals surface area contributed by atoms with Crippen LogP contribution in [0.4, 0.5) is 17.6 Å². The molecule has 1 aromatic carbocycles. The minimum atomic E-state index is -4.58. The fourth-order valence-electron chi connectivity index (χ4n) is 3.61. The summed E-state index contributed by atoms with van der Waals surface area (Å²) in [5, 5.41) is 6.09. The number of carbonyl (C=O) groups is 1. The van der Waals surface area contributed by atoms with Crippen LogP contribution in [0.15, 0.2) is 18.2 Å². The number of alkyl halides is 3. The van der Waals surface area contributed by atoms with E-state index in [2.05, 4.69) is 10.6 Å². The molecule has 0 bridgehead atoms. The normalized spacial score (nSPS) is 29.9. The third-order valence-corrected chi connectivity index (χ3v) is 5.25. The standard InChI is InChI=1S/C17H18F4N2O/c18-12-7-10(17(19,20)21)3-4-11(12)15(8-1-2-8)23-16(24)14-6-9-5-13(9)22-14/h3-4,7-9,13-15,22H,1-2,5-6H2,(H,23,24)/t9-,13-,14-,15-/m1/s1. The molecule has 0 aromatic heterocycles. The van der Waals surface area contributed by atoms with Gasteiger partial charge in [0.25, 0.3) is 0 Å². The van der Waals surface area contributed by atoms with E-state index in [1.165, 1.54) is 0 Å². The zero-order valence-electron chi connectivity index (χ0n) is 12.9. The number of nitrogens with one attached hydrogen (secondary N) is 2. The van der Waals surface area contributed by atoms with E-state index < -0.39 is 23.6 Å². The molecule has 1 aliphatic heterocycles. The molecular formula is C17H18F4N2O. The lowest BCUT2D eigenvalue weighted by molar-refractivity contribution is -0.137. The van der Waals surface area contributed by atoms with Gasteiger partial charge in [0.2, 0.25) is 5.91 Å². The van der Waals surface area contributed by atoms with Gasteiger partial charge in [-0.3, -0.25) is 4.79 Å². The maximum Gasteiger partial charge on any atom is 0.416 e. The number of amides is 1. The average molecular weight is 342 g/mol. The Bertz CT molecular complexity index is 661. The van der Waals surface area contributed by atoms with E-state index in [1.807, 2.05) is 0 Å². The fourth-order valence-corrected chi connectivity index (χ4v) is 3.61. The van der Waals surface area contributed by atoms with Gasteiger partial charge in [-0.15, -0.1) is 0 Å². The van der Waals surface area contributed by atoms with Crippen molar-refractivity contribution in [1.29, 1.82) is 0 Å². The maximum absolute atomic E-state index is 14.2. The molecule has 2 saturated carbocycles. The van der Waals surface area contributed by atoms with Gasteiger partial charge in [0, 0.05) is 11.6 Å². The molecule has 2 N–H and O–H groups in total. The first kappa shape index (κ1) is 15.9. The Morgan fingerprint density at radius 2 is 2.00 bits per heavy atom. The van der Waals surface area contributed by atoms with E-state index in [1.54, 1.807) is 0 Å². The molecule has 1 amide bonds. The summed E-state index contributed by atoms with van der Waals surface area (Å²) >= 11 is 0. The number of fused-ring (bicyclic) bond motifs is 1. The lowest BCUT2D eigenvalue weighted by Gasteiger charge is -2.23. The number of hydrogen-bond acceptors (Lipinski definition) is 2. The summed E-state index contributed by atoms with van der Waals surface area (Å²) in [5.74, 6) is -0.443. The van der Waals surface area contributed by atoms with Gasteiger partial charge >= 0.3 is 6.18 Å². The van der Waals surface area contributed by atoms with Crippen LogP contribution in [0, 0.1) is 17.7 Å². The zero-order chi connectivity index (χ0) is 17.1. The van der Waals surface area contributed by atoms with Gasteiger partial charge in [-0.1, -0.05) is 6.07 Å². The first-order chi connectivity index (χ1) is 11.3. The molecule has 4 rings (SSSR count). The lowest BCUT2D eigenvalue weighted by Crippen LogP contribution is -2.44. The predicted octanol–water partition coefficient (Wildman–Crippen LogP) is 3.16. The van der Waals surface area contributed by atoms with E-state index in [9.17, 15) is 22.4 Å². The van der Waals surface area contributed by atoms with Crippen LogP contribution >= 0.6 is 0 Å². The summed E-state index contributed by atoms with van der Waals surface area (Å²) in [5.41, 5.74) is -0.871.